The molecule has 156 valence electrons. The summed E-state index contributed by atoms with van der Waals surface area (Å²) in [5, 5.41) is 3.02. The minimum atomic E-state index is -3.87. The Labute approximate surface area is 172 Å². The fraction of sp³-hybridized carbons (Fsp3) is 0.409. The number of hydrogen-bond acceptors (Lipinski definition) is 4. The molecule has 7 heteroatoms. The zero-order valence-corrected chi connectivity index (χ0v) is 17.7. The van der Waals surface area contributed by atoms with Crippen LogP contribution in [0.3, 0.4) is 0 Å². The quantitative estimate of drug-likeness (QED) is 0.693. The molecule has 2 aromatic rings. The molecule has 0 bridgehead atoms. The summed E-state index contributed by atoms with van der Waals surface area (Å²) in [4.78, 5) is 13.0. The molecule has 1 amide bonds. The van der Waals surface area contributed by atoms with Crippen molar-refractivity contribution in [1.29, 1.82) is 0 Å². The molecule has 1 aliphatic carbocycles. The highest BCUT2D eigenvalue weighted by atomic mass is 32.2. The van der Waals surface area contributed by atoms with Crippen LogP contribution in [0.25, 0.3) is 0 Å². The molecule has 0 spiro atoms. The van der Waals surface area contributed by atoms with Crippen LogP contribution in [-0.4, -0.2) is 33.5 Å². The number of ether oxygens (including phenoxy) is 1. The highest BCUT2D eigenvalue weighted by Gasteiger charge is 2.28. The van der Waals surface area contributed by atoms with E-state index in [2.05, 4.69) is 10.0 Å². The van der Waals surface area contributed by atoms with Crippen LogP contribution in [0.4, 0.5) is 0 Å². The lowest BCUT2D eigenvalue weighted by atomic mass is 10.1. The van der Waals surface area contributed by atoms with Gasteiger partial charge in [-0.3, -0.25) is 4.79 Å². The third-order valence-electron chi connectivity index (χ3n) is 5.27. The average Bonchev–Trinajstić information content (AvgIpc) is 3.21. The normalized spacial score (nSPS) is 15.8. The molecular formula is C22H28N2O4S. The van der Waals surface area contributed by atoms with Gasteiger partial charge in [-0.15, -0.1) is 0 Å². The maximum atomic E-state index is 13.0. The molecule has 0 unspecified atom stereocenters. The number of hydrogen-bond donors (Lipinski definition) is 2. The van der Waals surface area contributed by atoms with E-state index in [9.17, 15) is 13.2 Å². The summed E-state index contributed by atoms with van der Waals surface area (Å²) >= 11 is 0. The van der Waals surface area contributed by atoms with Crippen LogP contribution in [0.1, 0.15) is 36.8 Å². The van der Waals surface area contributed by atoms with E-state index in [1.807, 2.05) is 30.3 Å². The smallest absolute Gasteiger partial charge is 0.241 e. The van der Waals surface area contributed by atoms with E-state index in [0.717, 1.165) is 31.2 Å². The van der Waals surface area contributed by atoms with Crippen molar-refractivity contribution >= 4 is 15.9 Å². The van der Waals surface area contributed by atoms with Crippen molar-refractivity contribution in [3.8, 4) is 5.75 Å². The number of methoxy groups -OCH3 is 1. The number of amides is 1. The van der Waals surface area contributed by atoms with Crippen molar-refractivity contribution in [2.45, 2.75) is 56.0 Å². The molecule has 3 rings (SSSR count). The van der Waals surface area contributed by atoms with Crippen LogP contribution >= 0.6 is 0 Å². The Bertz CT molecular complexity index is 939. The van der Waals surface area contributed by atoms with Gasteiger partial charge in [0.25, 0.3) is 0 Å². The Morgan fingerprint density at radius 2 is 1.83 bits per heavy atom. The topological polar surface area (TPSA) is 84.5 Å². The molecular weight excluding hydrogens is 388 g/mol. The number of nitrogens with one attached hydrogen (secondary N) is 2. The zero-order valence-electron chi connectivity index (χ0n) is 16.9. The number of carbonyl (C=O) groups is 1. The van der Waals surface area contributed by atoms with Crippen molar-refractivity contribution in [2.24, 2.45) is 0 Å². The van der Waals surface area contributed by atoms with Crippen molar-refractivity contribution in [3.05, 3.63) is 59.7 Å². The summed E-state index contributed by atoms with van der Waals surface area (Å²) in [5.41, 5.74) is 1.61. The van der Waals surface area contributed by atoms with Crippen molar-refractivity contribution in [3.63, 3.8) is 0 Å². The van der Waals surface area contributed by atoms with Crippen LogP contribution in [0, 0.1) is 6.92 Å². The standard InChI is InChI=1S/C22H28N2O4S/c1-16-14-19(12-13-21(16)28-2)29(26,27)24-20(15-17-8-4-3-5-9-17)22(25)23-18-10-6-7-11-18/h3-5,8-9,12-14,18,20,24H,6-7,10-11,15H2,1-2H3,(H,23,25)/t20-/m0/s1. The molecule has 6 nitrogen and oxygen atoms in total. The van der Waals surface area contributed by atoms with E-state index < -0.39 is 16.1 Å². The van der Waals surface area contributed by atoms with Gasteiger partial charge >= 0.3 is 0 Å². The third kappa shape index (κ3) is 5.58. The minimum Gasteiger partial charge on any atom is -0.496 e. The van der Waals surface area contributed by atoms with Gasteiger partial charge in [-0.25, -0.2) is 8.42 Å². The number of carbonyl (C=O) groups excluding carboxylic acids is 1. The first-order valence-electron chi connectivity index (χ1n) is 9.90. The molecule has 0 heterocycles. The molecule has 29 heavy (non-hydrogen) atoms. The Hall–Kier alpha value is -2.38. The monoisotopic (exact) mass is 416 g/mol. The number of aryl methyl sites for hydroxylation is 1. The van der Waals surface area contributed by atoms with Crippen LogP contribution in [0.15, 0.2) is 53.4 Å². The van der Waals surface area contributed by atoms with Gasteiger partial charge in [0.15, 0.2) is 0 Å². The Balaban J connectivity index is 1.82. The number of sulfonamides is 1. The average molecular weight is 417 g/mol. The number of benzene rings is 2. The molecule has 2 aromatic carbocycles. The predicted octanol–water partition coefficient (Wildman–Crippen LogP) is 2.95. The summed E-state index contributed by atoms with van der Waals surface area (Å²) in [6.45, 7) is 1.78. The Morgan fingerprint density at radius 1 is 1.14 bits per heavy atom. The summed E-state index contributed by atoms with van der Waals surface area (Å²) in [5.74, 6) is 0.332. The van der Waals surface area contributed by atoms with Crippen LogP contribution in [0.5, 0.6) is 5.75 Å². The lowest BCUT2D eigenvalue weighted by molar-refractivity contribution is -0.123. The van der Waals surface area contributed by atoms with E-state index >= 15 is 0 Å². The van der Waals surface area contributed by atoms with E-state index in [0.29, 0.717) is 11.3 Å². The van der Waals surface area contributed by atoms with Gasteiger partial charge in [0.1, 0.15) is 11.8 Å². The van der Waals surface area contributed by atoms with E-state index in [1.54, 1.807) is 19.1 Å². The van der Waals surface area contributed by atoms with Gasteiger partial charge in [0, 0.05) is 6.04 Å². The molecule has 1 fully saturated rings. The van der Waals surface area contributed by atoms with E-state index in [4.69, 9.17) is 4.74 Å². The zero-order chi connectivity index (χ0) is 20.9. The van der Waals surface area contributed by atoms with Crippen molar-refractivity contribution in [1.82, 2.24) is 10.0 Å². The Kier molecular flexibility index (Phi) is 6.92. The van der Waals surface area contributed by atoms with Gasteiger partial charge in [0.05, 0.1) is 12.0 Å². The summed E-state index contributed by atoms with van der Waals surface area (Å²) < 4.78 is 33.8. The summed E-state index contributed by atoms with van der Waals surface area (Å²) in [6.07, 6.45) is 4.34. The lowest BCUT2D eigenvalue weighted by Gasteiger charge is -2.21. The van der Waals surface area contributed by atoms with Gasteiger partial charge < -0.3 is 10.1 Å². The molecule has 1 atom stereocenters. The highest BCUT2D eigenvalue weighted by Crippen LogP contribution is 2.22. The second kappa shape index (κ2) is 9.41. The second-order valence-corrected chi connectivity index (χ2v) is 9.20. The maximum Gasteiger partial charge on any atom is 0.241 e. The number of rotatable bonds is 8. The van der Waals surface area contributed by atoms with Crippen molar-refractivity contribution < 1.29 is 17.9 Å². The second-order valence-electron chi connectivity index (χ2n) is 7.48. The van der Waals surface area contributed by atoms with Gasteiger partial charge in [0.2, 0.25) is 15.9 Å². The molecule has 1 saturated carbocycles. The molecule has 0 saturated heterocycles. The highest BCUT2D eigenvalue weighted by molar-refractivity contribution is 7.89. The van der Waals surface area contributed by atoms with E-state index in [1.165, 1.54) is 13.2 Å². The minimum absolute atomic E-state index is 0.113. The first kappa shape index (κ1) is 21.3. The molecule has 0 aromatic heterocycles. The molecule has 1 aliphatic rings. The van der Waals surface area contributed by atoms with Gasteiger partial charge in [-0.05, 0) is 55.5 Å². The van der Waals surface area contributed by atoms with Crippen LogP contribution in [-0.2, 0) is 21.2 Å². The first-order valence-corrected chi connectivity index (χ1v) is 11.4. The fourth-order valence-electron chi connectivity index (χ4n) is 3.68. The van der Waals surface area contributed by atoms with E-state index in [-0.39, 0.29) is 23.3 Å². The molecule has 2 N–H and O–H groups in total. The molecule has 0 aliphatic heterocycles. The molecule has 0 radical (unpaired) electrons. The third-order valence-corrected chi connectivity index (χ3v) is 6.74. The van der Waals surface area contributed by atoms with Gasteiger partial charge in [-0.1, -0.05) is 43.2 Å². The van der Waals surface area contributed by atoms with Crippen LogP contribution in [0.2, 0.25) is 0 Å². The first-order chi connectivity index (χ1) is 13.9. The summed E-state index contributed by atoms with van der Waals surface area (Å²) in [6, 6.07) is 13.3. The lowest BCUT2D eigenvalue weighted by Crippen LogP contribution is -2.50. The Morgan fingerprint density at radius 3 is 2.45 bits per heavy atom. The van der Waals surface area contributed by atoms with Crippen molar-refractivity contribution in [2.75, 3.05) is 7.11 Å². The largest absolute Gasteiger partial charge is 0.496 e. The SMILES string of the molecule is COc1ccc(S(=O)(=O)N[C@@H](Cc2ccccc2)C(=O)NC2CCCC2)cc1C. The van der Waals surface area contributed by atoms with Gasteiger partial charge in [-0.2, -0.15) is 4.72 Å². The summed E-state index contributed by atoms with van der Waals surface area (Å²) in [7, 11) is -2.33. The maximum absolute atomic E-state index is 13.0. The van der Waals surface area contributed by atoms with Crippen LogP contribution < -0.4 is 14.8 Å². The fourth-order valence-corrected chi connectivity index (χ4v) is 4.96. The predicted molar refractivity (Wildman–Crippen MR) is 112 cm³/mol.